The number of aliphatic hydroxyl groups is 1. The van der Waals surface area contributed by atoms with E-state index in [1.54, 1.807) is 42.5 Å². The van der Waals surface area contributed by atoms with E-state index in [1.165, 1.54) is 0 Å². The molecule has 2 aromatic carbocycles. The first-order valence-corrected chi connectivity index (χ1v) is 6.73. The molecule has 5 heteroatoms. The van der Waals surface area contributed by atoms with Gasteiger partial charge in [-0.1, -0.05) is 29.3 Å². The number of nitriles is 1. The van der Waals surface area contributed by atoms with Crippen molar-refractivity contribution in [3.05, 3.63) is 63.6 Å². The highest BCUT2D eigenvalue weighted by Gasteiger charge is 2.15. The van der Waals surface area contributed by atoms with Crippen molar-refractivity contribution in [2.45, 2.75) is 6.10 Å². The predicted octanol–water partition coefficient (Wildman–Crippen LogP) is 4.01. The summed E-state index contributed by atoms with van der Waals surface area (Å²) in [5.74, 6) is 0. The van der Waals surface area contributed by atoms with Gasteiger partial charge in [-0.25, -0.2) is 0 Å². The Morgan fingerprint density at radius 3 is 2.25 bits per heavy atom. The molecule has 0 radical (unpaired) electrons. The average molecular weight is 307 g/mol. The maximum Gasteiger partial charge on any atom is 0.0991 e. The Hall–Kier alpha value is -1.73. The second kappa shape index (κ2) is 6.62. The largest absolute Gasteiger partial charge is 0.386 e. The van der Waals surface area contributed by atoms with Crippen molar-refractivity contribution in [2.75, 3.05) is 11.9 Å². The third kappa shape index (κ3) is 3.43. The molecular weight excluding hydrogens is 295 g/mol. The molecule has 2 aromatic rings. The molecule has 2 N–H and O–H groups in total. The molecule has 0 aliphatic carbocycles. The Labute approximate surface area is 127 Å². The molecule has 102 valence electrons. The van der Waals surface area contributed by atoms with E-state index >= 15 is 0 Å². The van der Waals surface area contributed by atoms with E-state index in [4.69, 9.17) is 28.5 Å². The summed E-state index contributed by atoms with van der Waals surface area (Å²) in [6.07, 6.45) is -0.813. The maximum atomic E-state index is 10.2. The minimum atomic E-state index is -0.813. The summed E-state index contributed by atoms with van der Waals surface area (Å²) in [4.78, 5) is 0. The van der Waals surface area contributed by atoms with Crippen molar-refractivity contribution < 1.29 is 5.11 Å². The number of nitrogens with zero attached hydrogens (tertiary/aromatic N) is 1. The molecule has 3 nitrogen and oxygen atoms in total. The number of benzene rings is 2. The van der Waals surface area contributed by atoms with Crippen molar-refractivity contribution in [1.82, 2.24) is 0 Å². The summed E-state index contributed by atoms with van der Waals surface area (Å²) >= 11 is 12.1. The molecular formula is C15H12Cl2N2O. The van der Waals surface area contributed by atoms with Crippen molar-refractivity contribution in [3.63, 3.8) is 0 Å². The number of halogens is 2. The molecule has 20 heavy (non-hydrogen) atoms. The van der Waals surface area contributed by atoms with E-state index in [2.05, 4.69) is 5.32 Å². The van der Waals surface area contributed by atoms with Crippen LogP contribution in [0.5, 0.6) is 0 Å². The summed E-state index contributed by atoms with van der Waals surface area (Å²) in [5.41, 5.74) is 1.91. The number of aliphatic hydroxyl groups excluding tert-OH is 1. The summed E-state index contributed by atoms with van der Waals surface area (Å²) in [6.45, 7) is 0.273. The van der Waals surface area contributed by atoms with E-state index in [0.717, 1.165) is 5.69 Å². The minimum Gasteiger partial charge on any atom is -0.386 e. The number of anilines is 1. The van der Waals surface area contributed by atoms with E-state index < -0.39 is 6.10 Å². The lowest BCUT2D eigenvalue weighted by Crippen LogP contribution is -2.13. The van der Waals surface area contributed by atoms with Crippen LogP contribution in [-0.2, 0) is 0 Å². The molecule has 2 rings (SSSR count). The Bertz CT molecular complexity index is 615. The van der Waals surface area contributed by atoms with Crippen LogP contribution in [0.4, 0.5) is 5.69 Å². The Kier molecular flexibility index (Phi) is 4.86. The van der Waals surface area contributed by atoms with Gasteiger partial charge in [0.05, 0.1) is 17.7 Å². The number of hydrogen-bond donors (Lipinski definition) is 2. The first kappa shape index (κ1) is 14.7. The van der Waals surface area contributed by atoms with E-state index in [-0.39, 0.29) is 6.54 Å². The molecule has 0 spiro atoms. The summed E-state index contributed by atoms with van der Waals surface area (Å²) in [6, 6.07) is 14.1. The molecule has 0 amide bonds. The molecule has 0 saturated heterocycles. The fourth-order valence-corrected chi connectivity index (χ4v) is 2.46. The van der Waals surface area contributed by atoms with Crippen LogP contribution in [-0.4, -0.2) is 11.7 Å². The van der Waals surface area contributed by atoms with Crippen LogP contribution >= 0.6 is 23.2 Å². The molecule has 0 bridgehead atoms. The molecule has 0 aliphatic heterocycles. The highest BCUT2D eigenvalue weighted by atomic mass is 35.5. The lowest BCUT2D eigenvalue weighted by molar-refractivity contribution is 0.192. The Morgan fingerprint density at radius 1 is 1.10 bits per heavy atom. The summed E-state index contributed by atoms with van der Waals surface area (Å²) in [5, 5.41) is 22.8. The van der Waals surface area contributed by atoms with Gasteiger partial charge >= 0.3 is 0 Å². The van der Waals surface area contributed by atoms with Gasteiger partial charge in [0.1, 0.15) is 0 Å². The molecule has 0 saturated carbocycles. The number of rotatable bonds is 4. The summed E-state index contributed by atoms with van der Waals surface area (Å²) in [7, 11) is 0. The van der Waals surface area contributed by atoms with Gasteiger partial charge in [0.2, 0.25) is 0 Å². The van der Waals surface area contributed by atoms with Crippen molar-refractivity contribution in [2.24, 2.45) is 0 Å². The van der Waals surface area contributed by atoms with Crippen molar-refractivity contribution >= 4 is 28.9 Å². The standard InChI is InChI=1S/C15H12Cl2N2O/c16-12-2-1-3-13(17)15(12)14(20)9-19-11-6-4-10(8-18)5-7-11/h1-7,14,19-20H,9H2. The van der Waals surface area contributed by atoms with Crippen LogP contribution < -0.4 is 5.32 Å². The first-order valence-electron chi connectivity index (χ1n) is 5.98. The maximum absolute atomic E-state index is 10.2. The van der Waals surface area contributed by atoms with Gasteiger partial charge in [-0.15, -0.1) is 0 Å². The molecule has 0 aliphatic rings. The summed E-state index contributed by atoms with van der Waals surface area (Å²) < 4.78 is 0. The van der Waals surface area contributed by atoms with Gasteiger partial charge in [-0.3, -0.25) is 0 Å². The highest BCUT2D eigenvalue weighted by molar-refractivity contribution is 6.36. The quantitative estimate of drug-likeness (QED) is 0.897. The van der Waals surface area contributed by atoms with Crippen LogP contribution in [0, 0.1) is 11.3 Å². The van der Waals surface area contributed by atoms with Gasteiger partial charge in [0, 0.05) is 27.8 Å². The van der Waals surface area contributed by atoms with Gasteiger partial charge < -0.3 is 10.4 Å². The zero-order valence-electron chi connectivity index (χ0n) is 10.5. The highest BCUT2D eigenvalue weighted by Crippen LogP contribution is 2.30. The fourth-order valence-electron chi connectivity index (χ4n) is 1.81. The van der Waals surface area contributed by atoms with Gasteiger partial charge in [-0.2, -0.15) is 5.26 Å². The second-order valence-corrected chi connectivity index (χ2v) is 5.04. The first-order chi connectivity index (χ1) is 9.61. The van der Waals surface area contributed by atoms with Crippen LogP contribution in [0.1, 0.15) is 17.2 Å². The molecule has 1 atom stereocenters. The molecule has 0 aromatic heterocycles. The number of hydrogen-bond acceptors (Lipinski definition) is 3. The monoisotopic (exact) mass is 306 g/mol. The van der Waals surface area contributed by atoms with E-state index in [1.807, 2.05) is 6.07 Å². The van der Waals surface area contributed by atoms with Gasteiger partial charge in [-0.05, 0) is 36.4 Å². The molecule has 0 heterocycles. The SMILES string of the molecule is N#Cc1ccc(NCC(O)c2c(Cl)cccc2Cl)cc1. The van der Waals surface area contributed by atoms with Crippen LogP contribution in [0.25, 0.3) is 0 Å². The lowest BCUT2D eigenvalue weighted by Gasteiger charge is -2.16. The topological polar surface area (TPSA) is 56.0 Å². The predicted molar refractivity (Wildman–Crippen MR) is 81.1 cm³/mol. The van der Waals surface area contributed by atoms with Crippen molar-refractivity contribution in [3.8, 4) is 6.07 Å². The van der Waals surface area contributed by atoms with Crippen LogP contribution in [0.2, 0.25) is 10.0 Å². The van der Waals surface area contributed by atoms with E-state index in [9.17, 15) is 5.11 Å². The van der Waals surface area contributed by atoms with Gasteiger partial charge in [0.15, 0.2) is 0 Å². The fraction of sp³-hybridized carbons (Fsp3) is 0.133. The zero-order valence-corrected chi connectivity index (χ0v) is 12.0. The van der Waals surface area contributed by atoms with Crippen LogP contribution in [0.3, 0.4) is 0 Å². The minimum absolute atomic E-state index is 0.273. The van der Waals surface area contributed by atoms with Crippen molar-refractivity contribution in [1.29, 1.82) is 5.26 Å². The van der Waals surface area contributed by atoms with E-state index in [0.29, 0.717) is 21.2 Å². The molecule has 0 fully saturated rings. The second-order valence-electron chi connectivity index (χ2n) is 4.22. The zero-order chi connectivity index (χ0) is 14.5. The number of nitrogens with one attached hydrogen (secondary N) is 1. The Morgan fingerprint density at radius 2 is 1.70 bits per heavy atom. The average Bonchev–Trinajstić information content (AvgIpc) is 2.45. The Balaban J connectivity index is 2.05. The smallest absolute Gasteiger partial charge is 0.0991 e. The van der Waals surface area contributed by atoms with Gasteiger partial charge in [0.25, 0.3) is 0 Å². The third-order valence-electron chi connectivity index (χ3n) is 2.85. The van der Waals surface area contributed by atoms with Crippen LogP contribution in [0.15, 0.2) is 42.5 Å². The third-order valence-corrected chi connectivity index (χ3v) is 3.51. The lowest BCUT2D eigenvalue weighted by atomic mass is 10.1. The normalized spacial score (nSPS) is 11.7. The molecule has 1 unspecified atom stereocenters.